The smallest absolute Gasteiger partial charge is 0.363 e. The first-order chi connectivity index (χ1) is 8.54. The van der Waals surface area contributed by atoms with Crippen molar-refractivity contribution < 1.29 is 4.42 Å². The molecule has 1 aromatic heterocycles. The van der Waals surface area contributed by atoms with E-state index in [2.05, 4.69) is 22.4 Å². The van der Waals surface area contributed by atoms with Crippen molar-refractivity contribution in [3.05, 3.63) is 34.2 Å². The number of hydrogen-bond donors (Lipinski definition) is 0. The molecule has 5 heteroatoms. The molecule has 0 atom stereocenters. The van der Waals surface area contributed by atoms with Crippen molar-refractivity contribution in [1.82, 2.24) is 0 Å². The lowest BCUT2D eigenvalue weighted by atomic mass is 10.1. The van der Waals surface area contributed by atoms with Crippen molar-refractivity contribution in [2.45, 2.75) is 6.92 Å². The van der Waals surface area contributed by atoms with E-state index in [9.17, 15) is 4.79 Å². The minimum Gasteiger partial charge on any atom is -0.421 e. The molecule has 2 aromatic rings. The quantitative estimate of drug-likeness (QED) is 0.473. The highest BCUT2D eigenvalue weighted by molar-refractivity contribution is 7.78. The van der Waals surface area contributed by atoms with Gasteiger partial charge in [0.25, 0.3) is 0 Å². The van der Waals surface area contributed by atoms with Crippen LogP contribution in [0.25, 0.3) is 11.0 Å². The topological polar surface area (TPSA) is 45.8 Å². The van der Waals surface area contributed by atoms with E-state index in [1.165, 1.54) is 0 Å². The van der Waals surface area contributed by atoms with E-state index in [4.69, 9.17) is 4.42 Å². The summed E-state index contributed by atoms with van der Waals surface area (Å²) in [5.41, 5.74) is 2.00. The second kappa shape index (κ2) is 4.72. The molecule has 0 unspecified atom stereocenters. The fourth-order valence-corrected chi connectivity index (χ4v) is 1.88. The summed E-state index contributed by atoms with van der Waals surface area (Å²) >= 11 is 4.53. The summed E-state index contributed by atoms with van der Waals surface area (Å²) in [4.78, 5) is 17.5. The number of aryl methyl sites for hydroxylation is 1. The third-order valence-corrected chi connectivity index (χ3v) is 2.89. The Balaban J connectivity index is 2.82. The molecule has 18 heavy (non-hydrogen) atoms. The van der Waals surface area contributed by atoms with Crippen LogP contribution in [0.1, 0.15) is 5.56 Å². The molecule has 0 saturated heterocycles. The first-order valence-corrected chi connectivity index (χ1v) is 5.78. The van der Waals surface area contributed by atoms with Gasteiger partial charge in [0.15, 0.2) is 5.69 Å². The first kappa shape index (κ1) is 12.5. The number of benzene rings is 1. The minimum atomic E-state index is -0.492. The maximum absolute atomic E-state index is 11.8. The van der Waals surface area contributed by atoms with E-state index < -0.39 is 5.63 Å². The summed E-state index contributed by atoms with van der Waals surface area (Å²) in [6.45, 7) is 1.82. The summed E-state index contributed by atoms with van der Waals surface area (Å²) in [6.07, 6.45) is 0. The maximum Gasteiger partial charge on any atom is 0.363 e. The number of isothiocyanates is 1. The van der Waals surface area contributed by atoms with Gasteiger partial charge in [-0.1, -0.05) is 0 Å². The van der Waals surface area contributed by atoms with Crippen LogP contribution in [-0.4, -0.2) is 19.3 Å². The van der Waals surface area contributed by atoms with Gasteiger partial charge in [-0.05, 0) is 36.8 Å². The van der Waals surface area contributed by atoms with Gasteiger partial charge in [-0.3, -0.25) is 0 Å². The number of rotatable bonds is 2. The number of anilines is 1. The van der Waals surface area contributed by atoms with Crippen molar-refractivity contribution in [3.8, 4) is 0 Å². The molecule has 4 nitrogen and oxygen atoms in total. The third-order valence-electron chi connectivity index (χ3n) is 2.79. The van der Waals surface area contributed by atoms with Crippen LogP contribution in [0.3, 0.4) is 0 Å². The molecule has 0 aliphatic carbocycles. The molecule has 92 valence electrons. The first-order valence-electron chi connectivity index (χ1n) is 5.37. The van der Waals surface area contributed by atoms with Crippen molar-refractivity contribution in [2.75, 3.05) is 19.0 Å². The monoisotopic (exact) mass is 260 g/mol. The van der Waals surface area contributed by atoms with Crippen molar-refractivity contribution in [3.63, 3.8) is 0 Å². The van der Waals surface area contributed by atoms with Crippen LogP contribution >= 0.6 is 12.2 Å². The van der Waals surface area contributed by atoms with Gasteiger partial charge in [0.05, 0.1) is 5.16 Å². The number of fused-ring (bicyclic) bond motifs is 1. The molecular formula is C13H12N2O2S. The molecule has 1 aromatic carbocycles. The van der Waals surface area contributed by atoms with Crippen LogP contribution in [0.15, 0.2) is 32.4 Å². The molecule has 1 heterocycles. The largest absolute Gasteiger partial charge is 0.421 e. The summed E-state index contributed by atoms with van der Waals surface area (Å²) < 4.78 is 5.25. The number of thiocarbonyl (C=S) groups is 1. The average Bonchev–Trinajstić information content (AvgIpc) is 2.33. The van der Waals surface area contributed by atoms with Gasteiger partial charge < -0.3 is 9.32 Å². The molecule has 0 N–H and O–H groups in total. The van der Waals surface area contributed by atoms with Crippen LogP contribution in [0, 0.1) is 6.92 Å². The predicted octanol–water partition coefficient (Wildman–Crippen LogP) is 2.90. The lowest BCUT2D eigenvalue weighted by molar-refractivity contribution is 0.562. The zero-order chi connectivity index (χ0) is 13.3. The Morgan fingerprint density at radius 1 is 1.39 bits per heavy atom. The number of nitrogens with zero attached hydrogens (tertiary/aromatic N) is 2. The van der Waals surface area contributed by atoms with Gasteiger partial charge in [0.1, 0.15) is 5.58 Å². The Hall–Kier alpha value is -1.97. The molecule has 0 bridgehead atoms. The number of aliphatic imine (C=N–C) groups is 1. The summed E-state index contributed by atoms with van der Waals surface area (Å²) in [5, 5.41) is 3.05. The van der Waals surface area contributed by atoms with Gasteiger partial charge in [-0.25, -0.2) is 4.79 Å². The fourth-order valence-electron chi connectivity index (χ4n) is 1.79. The van der Waals surface area contributed by atoms with E-state index in [1.807, 2.05) is 44.1 Å². The molecule has 0 fully saturated rings. The molecule has 0 spiro atoms. The minimum absolute atomic E-state index is 0.218. The second-order valence-electron chi connectivity index (χ2n) is 4.14. The average molecular weight is 260 g/mol. The highest BCUT2D eigenvalue weighted by Gasteiger charge is 2.11. The van der Waals surface area contributed by atoms with Crippen LogP contribution < -0.4 is 10.5 Å². The molecule has 0 saturated carbocycles. The summed E-state index contributed by atoms with van der Waals surface area (Å²) in [6, 6.07) is 5.69. The highest BCUT2D eigenvalue weighted by Crippen LogP contribution is 2.26. The Labute approximate surface area is 110 Å². The predicted molar refractivity (Wildman–Crippen MR) is 76.2 cm³/mol. The van der Waals surface area contributed by atoms with E-state index in [-0.39, 0.29) is 5.69 Å². The van der Waals surface area contributed by atoms with Gasteiger partial charge in [0, 0.05) is 31.2 Å². The van der Waals surface area contributed by atoms with Gasteiger partial charge in [0.2, 0.25) is 0 Å². The van der Waals surface area contributed by atoms with Crippen molar-refractivity contribution in [2.24, 2.45) is 4.99 Å². The Morgan fingerprint density at radius 3 is 2.72 bits per heavy atom. The normalized spacial score (nSPS) is 10.2. The number of hydrogen-bond acceptors (Lipinski definition) is 5. The molecule has 2 rings (SSSR count). The van der Waals surface area contributed by atoms with Crippen molar-refractivity contribution in [1.29, 1.82) is 0 Å². The van der Waals surface area contributed by atoms with Crippen LogP contribution in [-0.2, 0) is 0 Å². The maximum atomic E-state index is 11.8. The third kappa shape index (κ3) is 2.06. The van der Waals surface area contributed by atoms with Gasteiger partial charge in [-0.2, -0.15) is 4.99 Å². The lowest BCUT2D eigenvalue weighted by Gasteiger charge is -2.13. The molecular weight excluding hydrogens is 248 g/mol. The van der Waals surface area contributed by atoms with Gasteiger partial charge in [-0.15, -0.1) is 0 Å². The SMILES string of the molecule is Cc1c(N=C=S)c(=O)oc2cc(N(C)C)ccc12. The molecule has 0 aliphatic heterocycles. The zero-order valence-corrected chi connectivity index (χ0v) is 11.2. The van der Waals surface area contributed by atoms with E-state index in [0.717, 1.165) is 16.6 Å². The van der Waals surface area contributed by atoms with Gasteiger partial charge >= 0.3 is 5.63 Å². The van der Waals surface area contributed by atoms with E-state index in [1.54, 1.807) is 0 Å². The zero-order valence-electron chi connectivity index (χ0n) is 10.4. The summed E-state index contributed by atoms with van der Waals surface area (Å²) in [7, 11) is 3.86. The Bertz CT molecular complexity index is 713. The Kier molecular flexibility index (Phi) is 3.28. The fraction of sp³-hybridized carbons (Fsp3) is 0.231. The van der Waals surface area contributed by atoms with Crippen LogP contribution in [0.5, 0.6) is 0 Å². The molecule has 0 aliphatic rings. The standard InChI is InChI=1S/C13H12N2O2S/c1-8-10-5-4-9(15(2)3)6-11(10)17-13(16)12(8)14-7-18/h4-6H,1-3H3. The highest BCUT2D eigenvalue weighted by atomic mass is 32.1. The van der Waals surface area contributed by atoms with E-state index in [0.29, 0.717) is 5.58 Å². The van der Waals surface area contributed by atoms with E-state index >= 15 is 0 Å². The Morgan fingerprint density at radius 2 is 2.11 bits per heavy atom. The molecule has 0 amide bonds. The van der Waals surface area contributed by atoms with Crippen molar-refractivity contribution >= 4 is 39.7 Å². The second-order valence-corrected chi connectivity index (χ2v) is 4.32. The van der Waals surface area contributed by atoms with Crippen LogP contribution in [0.4, 0.5) is 11.4 Å². The molecule has 0 radical (unpaired) electrons. The lowest BCUT2D eigenvalue weighted by Crippen LogP contribution is -2.08. The summed E-state index contributed by atoms with van der Waals surface area (Å²) in [5.74, 6) is 0. The van der Waals surface area contributed by atoms with Crippen LogP contribution in [0.2, 0.25) is 0 Å².